The summed E-state index contributed by atoms with van der Waals surface area (Å²) in [6.45, 7) is 0.875. The molecule has 3 N–H and O–H groups in total. The van der Waals surface area contributed by atoms with Crippen LogP contribution < -0.4 is 15.4 Å². The van der Waals surface area contributed by atoms with Crippen LogP contribution in [0, 0.1) is 0 Å². The number of hydrogen-bond donors (Lipinski definition) is 3. The molecule has 1 aromatic heterocycles. The van der Waals surface area contributed by atoms with E-state index < -0.39 is 0 Å². The summed E-state index contributed by atoms with van der Waals surface area (Å²) in [5.41, 5.74) is 0.820. The van der Waals surface area contributed by atoms with E-state index in [1.807, 2.05) is 0 Å². The topological polar surface area (TPSA) is 66.4 Å². The number of anilines is 2. The molecule has 1 aliphatic heterocycles. The van der Waals surface area contributed by atoms with Crippen LogP contribution in [0.2, 0.25) is 5.15 Å². The summed E-state index contributed by atoms with van der Waals surface area (Å²) in [6.07, 6.45) is 0.670. The fraction of sp³-hybridized carbons (Fsp3) is 0.500. The minimum Gasteiger partial charge on any atom is -0.494 e. The lowest BCUT2D eigenvalue weighted by molar-refractivity contribution is 0.280. The molecular weight excluding hydrogens is 230 g/mol. The first-order valence-electron chi connectivity index (χ1n) is 5.10. The van der Waals surface area contributed by atoms with Gasteiger partial charge in [-0.3, -0.25) is 0 Å². The highest BCUT2D eigenvalue weighted by Crippen LogP contribution is 2.36. The number of aliphatic hydroxyl groups excluding tert-OH is 1. The van der Waals surface area contributed by atoms with E-state index in [1.165, 1.54) is 0 Å². The normalized spacial score (nSPS) is 18.3. The Balaban J connectivity index is 2.27. The molecule has 0 saturated heterocycles. The molecule has 16 heavy (non-hydrogen) atoms. The maximum atomic E-state index is 8.88. The van der Waals surface area contributed by atoms with E-state index in [1.54, 1.807) is 13.2 Å². The zero-order chi connectivity index (χ0) is 11.5. The van der Waals surface area contributed by atoms with Gasteiger partial charge >= 0.3 is 0 Å². The molecular formula is C10H14ClN3O2. The Bertz CT molecular complexity index is 387. The van der Waals surface area contributed by atoms with Crippen LogP contribution in [0.5, 0.6) is 5.75 Å². The van der Waals surface area contributed by atoms with Gasteiger partial charge in [-0.15, -0.1) is 0 Å². The van der Waals surface area contributed by atoms with Gasteiger partial charge in [-0.25, -0.2) is 4.98 Å². The van der Waals surface area contributed by atoms with E-state index in [4.69, 9.17) is 21.4 Å². The third-order valence-electron chi connectivity index (χ3n) is 2.52. The summed E-state index contributed by atoms with van der Waals surface area (Å²) in [5.74, 6) is 1.35. The van der Waals surface area contributed by atoms with Gasteiger partial charge < -0.3 is 20.5 Å². The van der Waals surface area contributed by atoms with Crippen LogP contribution in [-0.2, 0) is 0 Å². The van der Waals surface area contributed by atoms with Gasteiger partial charge in [0.1, 0.15) is 16.6 Å². The summed E-state index contributed by atoms with van der Waals surface area (Å²) in [5, 5.41) is 15.7. The lowest BCUT2D eigenvalue weighted by Crippen LogP contribution is -2.34. The van der Waals surface area contributed by atoms with Crippen molar-refractivity contribution in [2.45, 2.75) is 12.5 Å². The van der Waals surface area contributed by atoms with Crippen molar-refractivity contribution in [2.75, 3.05) is 30.9 Å². The second-order valence-electron chi connectivity index (χ2n) is 3.61. The van der Waals surface area contributed by atoms with Gasteiger partial charge in [0, 0.05) is 25.3 Å². The number of fused-ring (bicyclic) bond motifs is 1. The van der Waals surface area contributed by atoms with Gasteiger partial charge in [0.15, 0.2) is 5.82 Å². The zero-order valence-corrected chi connectivity index (χ0v) is 9.71. The third kappa shape index (κ3) is 2.15. The van der Waals surface area contributed by atoms with Crippen molar-refractivity contribution in [1.82, 2.24) is 4.98 Å². The molecule has 1 aliphatic rings. The fourth-order valence-electron chi connectivity index (χ4n) is 1.73. The number of aromatic nitrogens is 1. The van der Waals surface area contributed by atoms with E-state index in [2.05, 4.69) is 15.6 Å². The molecule has 88 valence electrons. The number of nitrogens with one attached hydrogen (secondary N) is 2. The van der Waals surface area contributed by atoms with Crippen LogP contribution in [0.1, 0.15) is 6.42 Å². The molecule has 2 rings (SSSR count). The van der Waals surface area contributed by atoms with Gasteiger partial charge in [0.2, 0.25) is 0 Å². The maximum absolute atomic E-state index is 8.88. The van der Waals surface area contributed by atoms with Crippen LogP contribution in [0.15, 0.2) is 6.07 Å². The number of ether oxygens (including phenoxy) is 1. The Hall–Kier alpha value is -1.20. The Labute approximate surface area is 98.8 Å². The molecule has 5 nitrogen and oxygen atoms in total. The standard InChI is InChI=1S/C10H14ClN3O2/c1-16-7-4-8(11)14-10-9(7)12-5-6(13-10)2-3-15/h4,6,12,15H,2-3,5H2,1H3,(H,13,14). The summed E-state index contributed by atoms with van der Waals surface area (Å²) >= 11 is 5.88. The molecule has 0 fully saturated rings. The smallest absolute Gasteiger partial charge is 0.155 e. The molecule has 1 unspecified atom stereocenters. The first-order chi connectivity index (χ1) is 7.74. The van der Waals surface area contributed by atoms with E-state index in [9.17, 15) is 0 Å². The quantitative estimate of drug-likeness (QED) is 0.699. The molecule has 0 aliphatic carbocycles. The number of aliphatic hydroxyl groups is 1. The first-order valence-corrected chi connectivity index (χ1v) is 5.48. The molecule has 2 heterocycles. The van der Waals surface area contributed by atoms with Crippen molar-refractivity contribution < 1.29 is 9.84 Å². The second-order valence-corrected chi connectivity index (χ2v) is 3.99. The summed E-state index contributed by atoms with van der Waals surface area (Å²) in [7, 11) is 1.59. The average molecular weight is 244 g/mol. The van der Waals surface area contributed by atoms with E-state index in [0.29, 0.717) is 23.1 Å². The van der Waals surface area contributed by atoms with Gasteiger partial charge in [0.25, 0.3) is 0 Å². The Morgan fingerprint density at radius 1 is 1.69 bits per heavy atom. The molecule has 0 radical (unpaired) electrons. The number of hydrogen-bond acceptors (Lipinski definition) is 5. The Morgan fingerprint density at radius 2 is 2.50 bits per heavy atom. The predicted octanol–water partition coefficient (Wildman–Crippen LogP) is 1.33. The van der Waals surface area contributed by atoms with Crippen LogP contribution in [-0.4, -0.2) is 36.4 Å². The Kier molecular flexibility index (Phi) is 3.36. The molecule has 0 bridgehead atoms. The van der Waals surface area contributed by atoms with Crippen molar-refractivity contribution >= 4 is 23.1 Å². The second kappa shape index (κ2) is 4.76. The van der Waals surface area contributed by atoms with Crippen LogP contribution in [0.25, 0.3) is 0 Å². The van der Waals surface area contributed by atoms with E-state index >= 15 is 0 Å². The largest absolute Gasteiger partial charge is 0.494 e. The molecule has 0 aromatic carbocycles. The average Bonchev–Trinajstić information content (AvgIpc) is 2.27. The highest BCUT2D eigenvalue weighted by Gasteiger charge is 2.21. The van der Waals surface area contributed by atoms with Crippen molar-refractivity contribution in [2.24, 2.45) is 0 Å². The number of methoxy groups -OCH3 is 1. The van der Waals surface area contributed by atoms with E-state index in [-0.39, 0.29) is 12.6 Å². The number of halogens is 1. The summed E-state index contributed by atoms with van der Waals surface area (Å²) < 4.78 is 5.21. The number of pyridine rings is 1. The minimum absolute atomic E-state index is 0.145. The molecule has 6 heteroatoms. The SMILES string of the molecule is COc1cc(Cl)nc2c1NCC(CCO)N2. The van der Waals surface area contributed by atoms with Gasteiger partial charge in [-0.2, -0.15) is 0 Å². The predicted molar refractivity (Wildman–Crippen MR) is 63.4 cm³/mol. The van der Waals surface area contributed by atoms with Crippen LogP contribution >= 0.6 is 11.6 Å². The Morgan fingerprint density at radius 3 is 3.19 bits per heavy atom. The third-order valence-corrected chi connectivity index (χ3v) is 2.71. The summed E-state index contributed by atoms with van der Waals surface area (Å²) in [4.78, 5) is 4.18. The van der Waals surface area contributed by atoms with Crippen LogP contribution in [0.3, 0.4) is 0 Å². The molecule has 1 aromatic rings. The van der Waals surface area contributed by atoms with E-state index in [0.717, 1.165) is 12.2 Å². The van der Waals surface area contributed by atoms with Crippen molar-refractivity contribution in [3.05, 3.63) is 11.2 Å². The first kappa shape index (κ1) is 11.3. The molecule has 0 saturated carbocycles. The van der Waals surface area contributed by atoms with Gasteiger partial charge in [-0.1, -0.05) is 11.6 Å². The van der Waals surface area contributed by atoms with Crippen molar-refractivity contribution in [3.8, 4) is 5.75 Å². The van der Waals surface area contributed by atoms with Crippen molar-refractivity contribution in [3.63, 3.8) is 0 Å². The molecule has 0 amide bonds. The highest BCUT2D eigenvalue weighted by molar-refractivity contribution is 6.29. The fourth-order valence-corrected chi connectivity index (χ4v) is 1.91. The zero-order valence-electron chi connectivity index (χ0n) is 8.96. The maximum Gasteiger partial charge on any atom is 0.155 e. The lowest BCUT2D eigenvalue weighted by atomic mass is 10.1. The van der Waals surface area contributed by atoms with Gasteiger partial charge in [-0.05, 0) is 6.42 Å². The minimum atomic E-state index is 0.145. The van der Waals surface area contributed by atoms with Crippen LogP contribution in [0.4, 0.5) is 11.5 Å². The number of rotatable bonds is 3. The van der Waals surface area contributed by atoms with Gasteiger partial charge in [0.05, 0.1) is 7.11 Å². The number of nitrogens with zero attached hydrogens (tertiary/aromatic N) is 1. The summed E-state index contributed by atoms with van der Waals surface area (Å²) in [6, 6.07) is 1.83. The monoisotopic (exact) mass is 243 g/mol. The highest BCUT2D eigenvalue weighted by atomic mass is 35.5. The molecule has 0 spiro atoms. The molecule has 1 atom stereocenters. The van der Waals surface area contributed by atoms with Crippen molar-refractivity contribution in [1.29, 1.82) is 0 Å². The lowest BCUT2D eigenvalue weighted by Gasteiger charge is -2.28.